The number of carbonyl (C=O) groups is 1. The Morgan fingerprint density at radius 3 is 2.61 bits per heavy atom. The van der Waals surface area contributed by atoms with Gasteiger partial charge in [0.1, 0.15) is 0 Å². The van der Waals surface area contributed by atoms with Gasteiger partial charge in [-0.1, -0.05) is 30.7 Å². The normalized spacial score (nSPS) is 29.0. The molecular weight excluding hydrogens is 308 g/mol. The Morgan fingerprint density at radius 1 is 1.13 bits per heavy atom. The number of halogens is 1. The number of hydrogen-bond acceptors (Lipinski definition) is 2. The molecular formula is C19H27ClN2O. The molecule has 0 aliphatic heterocycles. The zero-order valence-corrected chi connectivity index (χ0v) is 14.4. The average molecular weight is 335 g/mol. The van der Waals surface area contributed by atoms with E-state index in [-0.39, 0.29) is 18.4 Å². The van der Waals surface area contributed by atoms with Crippen LogP contribution >= 0.6 is 12.4 Å². The second kappa shape index (κ2) is 6.82. The summed E-state index contributed by atoms with van der Waals surface area (Å²) >= 11 is 0. The SMILES string of the molecule is Cl.N[C@@H]1CCC[C@H]1CC(=O)N(C1CC1)C1CCc2ccccc21. The lowest BCUT2D eigenvalue weighted by atomic mass is 9.98. The molecule has 1 aromatic rings. The number of aryl methyl sites for hydroxylation is 1. The number of nitrogens with zero attached hydrogens (tertiary/aromatic N) is 1. The van der Waals surface area contributed by atoms with Gasteiger partial charge in [0.2, 0.25) is 5.91 Å². The van der Waals surface area contributed by atoms with Crippen molar-refractivity contribution in [3.63, 3.8) is 0 Å². The first-order chi connectivity index (χ1) is 10.7. The summed E-state index contributed by atoms with van der Waals surface area (Å²) in [7, 11) is 0. The van der Waals surface area contributed by atoms with Crippen molar-refractivity contribution in [2.45, 2.75) is 69.5 Å². The summed E-state index contributed by atoms with van der Waals surface area (Å²) in [5.74, 6) is 0.761. The molecule has 2 N–H and O–H groups in total. The summed E-state index contributed by atoms with van der Waals surface area (Å²) in [6.07, 6.45) is 8.65. The van der Waals surface area contributed by atoms with Crippen LogP contribution in [0.4, 0.5) is 0 Å². The molecule has 0 radical (unpaired) electrons. The van der Waals surface area contributed by atoms with Gasteiger partial charge in [0.05, 0.1) is 6.04 Å². The van der Waals surface area contributed by atoms with Gasteiger partial charge < -0.3 is 10.6 Å². The molecule has 1 unspecified atom stereocenters. The third-order valence-electron chi connectivity index (χ3n) is 5.82. The maximum absolute atomic E-state index is 13.0. The molecule has 1 aromatic carbocycles. The highest BCUT2D eigenvalue weighted by Gasteiger charge is 2.41. The first-order valence-electron chi connectivity index (χ1n) is 8.88. The Balaban J connectivity index is 0.00000156. The molecule has 1 amide bonds. The molecule has 23 heavy (non-hydrogen) atoms. The fourth-order valence-corrected chi connectivity index (χ4v) is 4.46. The van der Waals surface area contributed by atoms with Crippen LogP contribution in [0.5, 0.6) is 0 Å². The number of rotatable bonds is 4. The molecule has 3 nitrogen and oxygen atoms in total. The number of carbonyl (C=O) groups excluding carboxylic acids is 1. The predicted octanol–water partition coefficient (Wildman–Crippen LogP) is 3.60. The summed E-state index contributed by atoms with van der Waals surface area (Å²) in [6, 6.07) is 9.70. The minimum Gasteiger partial charge on any atom is -0.333 e. The zero-order valence-electron chi connectivity index (χ0n) is 13.6. The van der Waals surface area contributed by atoms with Gasteiger partial charge in [-0.15, -0.1) is 12.4 Å². The van der Waals surface area contributed by atoms with Crippen molar-refractivity contribution in [2.75, 3.05) is 0 Å². The van der Waals surface area contributed by atoms with Gasteiger partial charge in [-0.05, 0) is 55.6 Å². The largest absolute Gasteiger partial charge is 0.333 e. The van der Waals surface area contributed by atoms with Crippen molar-refractivity contribution in [2.24, 2.45) is 11.7 Å². The maximum atomic E-state index is 13.0. The highest BCUT2D eigenvalue weighted by atomic mass is 35.5. The van der Waals surface area contributed by atoms with Gasteiger partial charge >= 0.3 is 0 Å². The third-order valence-corrected chi connectivity index (χ3v) is 5.82. The van der Waals surface area contributed by atoms with Crippen molar-refractivity contribution >= 4 is 18.3 Å². The van der Waals surface area contributed by atoms with E-state index in [1.807, 2.05) is 0 Å². The summed E-state index contributed by atoms with van der Waals surface area (Å²) in [4.78, 5) is 15.2. The maximum Gasteiger partial charge on any atom is 0.223 e. The third kappa shape index (κ3) is 3.27. The van der Waals surface area contributed by atoms with E-state index in [2.05, 4.69) is 29.2 Å². The van der Waals surface area contributed by atoms with E-state index in [1.54, 1.807) is 0 Å². The number of amides is 1. The number of hydrogen-bond donors (Lipinski definition) is 1. The lowest BCUT2D eigenvalue weighted by molar-refractivity contribution is -0.135. The molecule has 2 fully saturated rings. The number of benzene rings is 1. The van der Waals surface area contributed by atoms with E-state index in [1.165, 1.54) is 30.4 Å². The van der Waals surface area contributed by atoms with Crippen LogP contribution in [0.25, 0.3) is 0 Å². The Morgan fingerprint density at radius 2 is 1.91 bits per heavy atom. The van der Waals surface area contributed by atoms with Crippen LogP contribution < -0.4 is 5.73 Å². The summed E-state index contributed by atoms with van der Waals surface area (Å²) in [5, 5.41) is 0. The molecule has 0 aromatic heterocycles. The second-order valence-electron chi connectivity index (χ2n) is 7.34. The van der Waals surface area contributed by atoms with Gasteiger partial charge in [0.15, 0.2) is 0 Å². The van der Waals surface area contributed by atoms with E-state index < -0.39 is 0 Å². The standard InChI is InChI=1S/C19H26N2O.ClH/c20-17-7-3-5-14(17)12-19(22)21(15-9-10-15)18-11-8-13-4-1-2-6-16(13)18;/h1-2,4,6,14-15,17-18H,3,5,7-12,20H2;1H/t14-,17+,18?;/m0./s1. The quantitative estimate of drug-likeness (QED) is 0.914. The predicted molar refractivity (Wildman–Crippen MR) is 94.6 cm³/mol. The monoisotopic (exact) mass is 334 g/mol. The zero-order chi connectivity index (χ0) is 15.1. The van der Waals surface area contributed by atoms with E-state index in [0.29, 0.717) is 30.3 Å². The summed E-state index contributed by atoms with van der Waals surface area (Å²) in [5.41, 5.74) is 9.00. The van der Waals surface area contributed by atoms with Crippen LogP contribution in [0.15, 0.2) is 24.3 Å². The first-order valence-corrected chi connectivity index (χ1v) is 8.88. The molecule has 126 valence electrons. The van der Waals surface area contributed by atoms with Crippen molar-refractivity contribution < 1.29 is 4.79 Å². The van der Waals surface area contributed by atoms with Gasteiger partial charge in [-0.3, -0.25) is 4.79 Å². The fraction of sp³-hybridized carbons (Fsp3) is 0.632. The van der Waals surface area contributed by atoms with Crippen molar-refractivity contribution in [3.05, 3.63) is 35.4 Å². The fourth-order valence-electron chi connectivity index (χ4n) is 4.46. The Hall–Kier alpha value is -1.06. The van der Waals surface area contributed by atoms with Crippen LogP contribution in [-0.2, 0) is 11.2 Å². The molecule has 4 heteroatoms. The molecule has 0 saturated heterocycles. The van der Waals surface area contributed by atoms with Crippen molar-refractivity contribution in [1.29, 1.82) is 0 Å². The minimum atomic E-state index is 0. The van der Waals surface area contributed by atoms with Gasteiger partial charge in [0.25, 0.3) is 0 Å². The van der Waals surface area contributed by atoms with Crippen LogP contribution in [0, 0.1) is 5.92 Å². The molecule has 0 heterocycles. The van der Waals surface area contributed by atoms with Crippen LogP contribution in [0.2, 0.25) is 0 Å². The smallest absolute Gasteiger partial charge is 0.223 e. The average Bonchev–Trinajstić information content (AvgIpc) is 3.14. The molecule has 3 atom stereocenters. The van der Waals surface area contributed by atoms with Crippen molar-refractivity contribution in [1.82, 2.24) is 4.90 Å². The summed E-state index contributed by atoms with van der Waals surface area (Å²) in [6.45, 7) is 0. The second-order valence-corrected chi connectivity index (χ2v) is 7.34. The molecule has 3 aliphatic rings. The molecule has 4 rings (SSSR count). The van der Waals surface area contributed by atoms with Gasteiger partial charge in [-0.25, -0.2) is 0 Å². The van der Waals surface area contributed by atoms with E-state index >= 15 is 0 Å². The van der Waals surface area contributed by atoms with Crippen molar-refractivity contribution in [3.8, 4) is 0 Å². The summed E-state index contributed by atoms with van der Waals surface area (Å²) < 4.78 is 0. The molecule has 3 aliphatic carbocycles. The highest BCUT2D eigenvalue weighted by molar-refractivity contribution is 5.85. The number of nitrogens with two attached hydrogens (primary N) is 1. The Bertz CT molecular complexity index is 572. The van der Waals surface area contributed by atoms with E-state index in [4.69, 9.17) is 5.73 Å². The van der Waals surface area contributed by atoms with Crippen LogP contribution in [0.3, 0.4) is 0 Å². The minimum absolute atomic E-state index is 0. The first kappa shape index (κ1) is 16.8. The highest BCUT2D eigenvalue weighted by Crippen LogP contribution is 2.42. The van der Waals surface area contributed by atoms with Gasteiger partial charge in [-0.2, -0.15) is 0 Å². The lowest BCUT2D eigenvalue weighted by Gasteiger charge is -2.31. The molecule has 0 bridgehead atoms. The number of fused-ring (bicyclic) bond motifs is 1. The van der Waals surface area contributed by atoms with E-state index in [9.17, 15) is 4.79 Å². The topological polar surface area (TPSA) is 46.3 Å². The van der Waals surface area contributed by atoms with Gasteiger partial charge in [0, 0.05) is 18.5 Å². The Kier molecular flexibility index (Phi) is 4.98. The lowest BCUT2D eigenvalue weighted by Crippen LogP contribution is -2.38. The molecule has 0 spiro atoms. The Labute approximate surface area is 145 Å². The molecule has 2 saturated carbocycles. The van der Waals surface area contributed by atoms with Crippen LogP contribution in [-0.4, -0.2) is 22.9 Å². The van der Waals surface area contributed by atoms with Crippen LogP contribution in [0.1, 0.15) is 62.1 Å². The van der Waals surface area contributed by atoms with E-state index in [0.717, 1.165) is 25.7 Å².